The lowest BCUT2D eigenvalue weighted by molar-refractivity contribution is 0.0525. The zero-order valence-electron chi connectivity index (χ0n) is 17.3. The maximum absolute atomic E-state index is 11.3. The van der Waals surface area contributed by atoms with Gasteiger partial charge in [-0.3, -0.25) is 0 Å². The highest BCUT2D eigenvalue weighted by Crippen LogP contribution is 2.16. The minimum Gasteiger partial charge on any atom is -0.478 e. The fourth-order valence-corrected chi connectivity index (χ4v) is 2.19. The molecule has 0 aliphatic carbocycles. The van der Waals surface area contributed by atoms with Crippen LogP contribution in [-0.2, 0) is 14.0 Å². The van der Waals surface area contributed by atoms with Crippen molar-refractivity contribution in [1.82, 2.24) is 0 Å². The molecular formula is C20H24Cl4O6S. The lowest BCUT2D eigenvalue weighted by Crippen LogP contribution is -2.06. The first-order chi connectivity index (χ1) is 14.4. The van der Waals surface area contributed by atoms with E-state index >= 15 is 0 Å². The molecule has 2 aromatic rings. The third-order valence-electron chi connectivity index (χ3n) is 3.12. The number of esters is 1. The highest BCUT2D eigenvalue weighted by molar-refractivity contribution is 8.26. The maximum Gasteiger partial charge on any atom is 0.338 e. The summed E-state index contributed by atoms with van der Waals surface area (Å²) >= 11 is 11.4. The molecule has 0 spiro atoms. The van der Waals surface area contributed by atoms with Gasteiger partial charge in [-0.1, -0.05) is 35.3 Å². The molecule has 6 nitrogen and oxygen atoms in total. The first-order valence-corrected chi connectivity index (χ1v) is 12.2. The predicted octanol–water partition coefficient (Wildman–Crippen LogP) is 6.21. The maximum atomic E-state index is 11.3. The van der Waals surface area contributed by atoms with E-state index in [1.54, 1.807) is 51.1 Å². The number of aryl methyl sites for hydroxylation is 2. The number of carboxylic acid groups (broad SMARTS) is 1. The minimum atomic E-state index is -1.67. The molecule has 0 radical (unpaired) electrons. The van der Waals surface area contributed by atoms with Gasteiger partial charge in [-0.05, 0) is 63.1 Å². The molecule has 0 aromatic heterocycles. The Bertz CT molecular complexity index is 858. The molecule has 2 N–H and O–H groups in total. The topological polar surface area (TPSA) is 101 Å². The Balaban J connectivity index is 0. The van der Waals surface area contributed by atoms with Gasteiger partial charge in [-0.2, -0.15) is 0 Å². The van der Waals surface area contributed by atoms with Crippen LogP contribution in [0.25, 0.3) is 0 Å². The Kier molecular flexibility index (Phi) is 18.7. The summed E-state index contributed by atoms with van der Waals surface area (Å²) in [6.45, 7) is 7.67. The Morgan fingerprint density at radius 2 is 1.29 bits per heavy atom. The summed E-state index contributed by atoms with van der Waals surface area (Å²) in [5, 5.41) is 17.2. The van der Waals surface area contributed by atoms with E-state index < -0.39 is 15.2 Å². The van der Waals surface area contributed by atoms with E-state index in [0.717, 1.165) is 11.1 Å². The van der Waals surface area contributed by atoms with Gasteiger partial charge in [0.2, 0.25) is 9.23 Å². The van der Waals surface area contributed by atoms with Crippen LogP contribution >= 0.6 is 44.6 Å². The van der Waals surface area contributed by atoms with Crippen LogP contribution < -0.4 is 0 Å². The number of hydrogen-bond acceptors (Lipinski definition) is 5. The number of carboxylic acids is 1. The van der Waals surface area contributed by atoms with Crippen molar-refractivity contribution in [2.45, 2.75) is 27.7 Å². The molecule has 31 heavy (non-hydrogen) atoms. The average Bonchev–Trinajstić information content (AvgIpc) is 2.66. The Labute approximate surface area is 203 Å². The number of aliphatic hydroxyl groups excluding tert-OH is 1. The number of benzene rings is 2. The summed E-state index contributed by atoms with van der Waals surface area (Å²) in [5.41, 5.74) is 2.40. The van der Waals surface area contributed by atoms with Crippen molar-refractivity contribution in [3.05, 3.63) is 68.7 Å². The smallest absolute Gasteiger partial charge is 0.338 e. The lowest BCUT2D eigenvalue weighted by atomic mass is 10.1. The zero-order chi connectivity index (χ0) is 24.6. The van der Waals surface area contributed by atoms with Crippen LogP contribution in [0.4, 0.5) is 0 Å². The number of ether oxygens (including phenoxy) is 1. The van der Waals surface area contributed by atoms with E-state index in [2.05, 4.69) is 21.4 Å². The summed E-state index contributed by atoms with van der Waals surface area (Å²) < 4.78 is 14.0. The van der Waals surface area contributed by atoms with Crippen LogP contribution in [0.15, 0.2) is 36.4 Å². The van der Waals surface area contributed by atoms with Crippen molar-refractivity contribution in [2.24, 2.45) is 0 Å². The first kappa shape index (κ1) is 31.8. The second-order valence-corrected chi connectivity index (χ2v) is 8.84. The molecule has 0 aliphatic rings. The summed E-state index contributed by atoms with van der Waals surface area (Å²) in [4.78, 5) is 21.9. The quantitative estimate of drug-likeness (QED) is 0.359. The molecule has 0 heterocycles. The van der Waals surface area contributed by atoms with E-state index in [1.165, 1.54) is 6.07 Å². The van der Waals surface area contributed by atoms with Crippen molar-refractivity contribution in [1.29, 1.82) is 0 Å². The molecule has 174 valence electrons. The number of aliphatic hydroxyl groups is 1. The Hall–Kier alpha value is -1.35. The van der Waals surface area contributed by atoms with Gasteiger partial charge in [0.1, 0.15) is 0 Å². The van der Waals surface area contributed by atoms with E-state index in [0.29, 0.717) is 22.2 Å². The molecule has 2 rings (SSSR count). The fourth-order valence-electron chi connectivity index (χ4n) is 1.85. The Morgan fingerprint density at radius 1 is 0.935 bits per heavy atom. The van der Waals surface area contributed by atoms with Gasteiger partial charge >= 0.3 is 11.9 Å². The molecule has 2 aromatic carbocycles. The molecule has 0 fully saturated rings. The van der Waals surface area contributed by atoms with Crippen molar-refractivity contribution in [2.75, 3.05) is 13.2 Å². The molecule has 0 saturated carbocycles. The van der Waals surface area contributed by atoms with Gasteiger partial charge in [0, 0.05) is 38.0 Å². The van der Waals surface area contributed by atoms with Gasteiger partial charge in [0.15, 0.2) is 0 Å². The van der Waals surface area contributed by atoms with Crippen LogP contribution in [0.5, 0.6) is 0 Å². The van der Waals surface area contributed by atoms with Crippen LogP contribution in [0.2, 0.25) is 10.0 Å². The van der Waals surface area contributed by atoms with Gasteiger partial charge < -0.3 is 14.9 Å². The zero-order valence-corrected chi connectivity index (χ0v) is 21.2. The van der Waals surface area contributed by atoms with E-state index in [-0.39, 0.29) is 18.1 Å². The molecule has 0 unspecified atom stereocenters. The van der Waals surface area contributed by atoms with Crippen LogP contribution in [0.1, 0.15) is 45.7 Å². The van der Waals surface area contributed by atoms with E-state index in [1.807, 2.05) is 6.92 Å². The predicted molar refractivity (Wildman–Crippen MR) is 128 cm³/mol. The van der Waals surface area contributed by atoms with Crippen LogP contribution in [-0.4, -0.2) is 39.6 Å². The van der Waals surface area contributed by atoms with Gasteiger partial charge in [0.05, 0.1) is 17.7 Å². The van der Waals surface area contributed by atoms with Crippen LogP contribution in [0, 0.1) is 13.8 Å². The van der Waals surface area contributed by atoms with E-state index in [4.69, 9.17) is 42.4 Å². The number of hydrogen-bond donors (Lipinski definition) is 2. The highest BCUT2D eigenvalue weighted by atomic mass is 36.0. The average molecular weight is 534 g/mol. The van der Waals surface area contributed by atoms with Crippen molar-refractivity contribution >= 4 is 65.7 Å². The summed E-state index contributed by atoms with van der Waals surface area (Å²) in [7, 11) is 7.36. The van der Waals surface area contributed by atoms with Gasteiger partial charge in [-0.25, -0.2) is 13.8 Å². The largest absolute Gasteiger partial charge is 0.478 e. The monoisotopic (exact) mass is 532 g/mol. The SMILES string of the molecule is CCO.CCOC(=O)c1cc(Cl)ccc1C.Cc1ccc(Cl)cc1C(=O)O.O=S(Cl)Cl. The molecule has 0 atom stereocenters. The Morgan fingerprint density at radius 3 is 1.61 bits per heavy atom. The standard InChI is InChI=1S/C10H11ClO2.C8H7ClO2.C2H6O.Cl2OS/c1-3-13-10(12)9-6-8(11)5-4-7(9)2;1-5-2-3-6(9)4-7(5)8(10)11;1-2-3;1-4(2)3/h4-6H,3H2,1-2H3;2-4H,1H3,(H,10,11);3H,2H2,1H3;. The van der Waals surface area contributed by atoms with Gasteiger partial charge in [-0.15, -0.1) is 0 Å². The van der Waals surface area contributed by atoms with Crippen molar-refractivity contribution in [3.8, 4) is 0 Å². The van der Waals surface area contributed by atoms with Crippen molar-refractivity contribution in [3.63, 3.8) is 0 Å². The van der Waals surface area contributed by atoms with Crippen molar-refractivity contribution < 1.29 is 28.7 Å². The fraction of sp³-hybridized carbons (Fsp3) is 0.300. The molecule has 0 saturated heterocycles. The van der Waals surface area contributed by atoms with Gasteiger partial charge in [0.25, 0.3) is 0 Å². The number of carbonyl (C=O) groups excluding carboxylic acids is 1. The summed E-state index contributed by atoms with van der Waals surface area (Å²) in [5.74, 6) is -1.26. The number of rotatable bonds is 3. The highest BCUT2D eigenvalue weighted by Gasteiger charge is 2.09. The molecule has 0 bridgehead atoms. The van der Waals surface area contributed by atoms with E-state index in [9.17, 15) is 9.59 Å². The number of halogens is 4. The second-order valence-electron chi connectivity index (χ2n) is 5.44. The summed E-state index contributed by atoms with van der Waals surface area (Å²) in [6.07, 6.45) is 0. The molecule has 11 heteroatoms. The normalized spacial score (nSPS) is 9.23. The number of carbonyl (C=O) groups is 2. The second kappa shape index (κ2) is 18.2. The first-order valence-electron chi connectivity index (χ1n) is 8.68. The molecule has 0 amide bonds. The third-order valence-corrected chi connectivity index (χ3v) is 3.60. The summed E-state index contributed by atoms with van der Waals surface area (Å²) in [6, 6.07) is 9.97. The molecular weight excluding hydrogens is 510 g/mol. The lowest BCUT2D eigenvalue weighted by Gasteiger charge is -2.04. The molecule has 0 aliphatic heterocycles. The minimum absolute atomic E-state index is 0.250. The van der Waals surface area contributed by atoms with Crippen LogP contribution in [0.3, 0.4) is 0 Å². The third kappa shape index (κ3) is 16.0. The number of aromatic carboxylic acids is 1.